The van der Waals surface area contributed by atoms with Crippen LogP contribution >= 0.6 is 11.6 Å². The molecule has 0 aliphatic carbocycles. The predicted octanol–water partition coefficient (Wildman–Crippen LogP) is 4.08. The fraction of sp³-hybridized carbons (Fsp3) is 0.462. The molecular formula is C13H18ClNO2. The van der Waals surface area contributed by atoms with Crippen molar-refractivity contribution in [1.29, 1.82) is 0 Å². The fourth-order valence-corrected chi connectivity index (χ4v) is 1.53. The molecule has 0 saturated carbocycles. The summed E-state index contributed by atoms with van der Waals surface area (Å²) in [5.41, 5.74) is 2.25. The van der Waals surface area contributed by atoms with E-state index in [9.17, 15) is 4.79 Å². The first-order valence-electron chi connectivity index (χ1n) is 5.47. The van der Waals surface area contributed by atoms with Crippen LogP contribution in [0.3, 0.4) is 0 Å². The third kappa shape index (κ3) is 4.65. The number of hydrogen-bond acceptors (Lipinski definition) is 2. The first-order chi connectivity index (χ1) is 7.81. The number of alkyl halides is 1. The Hall–Kier alpha value is -1.22. The highest BCUT2D eigenvalue weighted by atomic mass is 35.5. The molecule has 1 N–H and O–H groups in total. The second-order valence-corrected chi connectivity index (χ2v) is 5.18. The van der Waals surface area contributed by atoms with Gasteiger partial charge >= 0.3 is 6.09 Å². The van der Waals surface area contributed by atoms with Crippen LogP contribution in [0.4, 0.5) is 10.5 Å². The Balaban J connectivity index is 2.72. The zero-order chi connectivity index (χ0) is 13.1. The van der Waals surface area contributed by atoms with Gasteiger partial charge in [-0.3, -0.25) is 5.32 Å². The molecule has 0 fully saturated rings. The quantitative estimate of drug-likeness (QED) is 0.809. The summed E-state index contributed by atoms with van der Waals surface area (Å²) in [7, 11) is 0. The normalized spacial score (nSPS) is 11.1. The smallest absolute Gasteiger partial charge is 0.412 e. The van der Waals surface area contributed by atoms with Gasteiger partial charge in [0.1, 0.15) is 5.60 Å². The van der Waals surface area contributed by atoms with Gasteiger partial charge in [-0.25, -0.2) is 4.79 Å². The molecule has 0 heterocycles. The molecule has 17 heavy (non-hydrogen) atoms. The van der Waals surface area contributed by atoms with Crippen LogP contribution in [0.15, 0.2) is 18.2 Å². The third-order valence-electron chi connectivity index (χ3n) is 2.08. The van der Waals surface area contributed by atoms with Gasteiger partial charge in [0.25, 0.3) is 0 Å². The van der Waals surface area contributed by atoms with E-state index in [-0.39, 0.29) is 0 Å². The molecule has 0 radical (unpaired) electrons. The van der Waals surface area contributed by atoms with Gasteiger partial charge < -0.3 is 4.74 Å². The lowest BCUT2D eigenvalue weighted by molar-refractivity contribution is 0.0636. The van der Waals surface area contributed by atoms with E-state index in [1.807, 2.05) is 45.9 Å². The summed E-state index contributed by atoms with van der Waals surface area (Å²) in [5, 5.41) is 2.71. The van der Waals surface area contributed by atoms with Crippen LogP contribution in [0.5, 0.6) is 0 Å². The minimum atomic E-state index is -0.492. The highest BCUT2D eigenvalue weighted by Gasteiger charge is 2.16. The molecule has 1 amide bonds. The van der Waals surface area contributed by atoms with Crippen molar-refractivity contribution in [3.63, 3.8) is 0 Å². The van der Waals surface area contributed by atoms with E-state index in [2.05, 4.69) is 5.32 Å². The zero-order valence-electron chi connectivity index (χ0n) is 10.6. The number of anilines is 1. The number of rotatable bonds is 2. The second-order valence-electron chi connectivity index (χ2n) is 4.91. The summed E-state index contributed by atoms with van der Waals surface area (Å²) >= 11 is 5.73. The molecule has 0 saturated heterocycles. The predicted molar refractivity (Wildman–Crippen MR) is 70.6 cm³/mol. The summed E-state index contributed by atoms with van der Waals surface area (Å²) in [6.07, 6.45) is -0.445. The Morgan fingerprint density at radius 2 is 2.06 bits per heavy atom. The van der Waals surface area contributed by atoms with Crippen molar-refractivity contribution in [2.24, 2.45) is 0 Å². The van der Waals surface area contributed by atoms with Crippen molar-refractivity contribution in [2.75, 3.05) is 5.32 Å². The summed E-state index contributed by atoms with van der Waals surface area (Å²) in [6, 6.07) is 5.66. The number of ether oxygens (including phenoxy) is 1. The molecule has 0 bridgehead atoms. The van der Waals surface area contributed by atoms with Gasteiger partial charge in [-0.1, -0.05) is 12.1 Å². The molecule has 1 aromatic rings. The van der Waals surface area contributed by atoms with Crippen molar-refractivity contribution in [2.45, 2.75) is 39.2 Å². The lowest BCUT2D eigenvalue weighted by Crippen LogP contribution is -2.27. The molecule has 3 nitrogen and oxygen atoms in total. The largest absolute Gasteiger partial charge is 0.444 e. The minimum Gasteiger partial charge on any atom is -0.444 e. The van der Waals surface area contributed by atoms with Gasteiger partial charge in [0.05, 0.1) is 0 Å². The number of carbonyl (C=O) groups is 1. The van der Waals surface area contributed by atoms with E-state index in [4.69, 9.17) is 16.3 Å². The van der Waals surface area contributed by atoms with E-state index < -0.39 is 11.7 Å². The Bertz CT molecular complexity index is 410. The van der Waals surface area contributed by atoms with Gasteiger partial charge in [-0.15, -0.1) is 11.6 Å². The maximum Gasteiger partial charge on any atom is 0.412 e. The first kappa shape index (κ1) is 13.8. The monoisotopic (exact) mass is 255 g/mol. The Morgan fingerprint density at radius 3 is 2.53 bits per heavy atom. The van der Waals surface area contributed by atoms with Gasteiger partial charge in [0.15, 0.2) is 0 Å². The van der Waals surface area contributed by atoms with E-state index in [1.165, 1.54) is 0 Å². The van der Waals surface area contributed by atoms with Crippen LogP contribution in [-0.2, 0) is 10.6 Å². The highest BCUT2D eigenvalue weighted by molar-refractivity contribution is 6.17. The number of amides is 1. The van der Waals surface area contributed by atoms with Gasteiger partial charge in [0.2, 0.25) is 0 Å². The maximum atomic E-state index is 11.6. The molecule has 0 aromatic heterocycles. The molecular weight excluding hydrogens is 238 g/mol. The van der Waals surface area contributed by atoms with E-state index in [0.29, 0.717) is 5.88 Å². The third-order valence-corrected chi connectivity index (χ3v) is 2.39. The molecule has 0 unspecified atom stereocenters. The molecule has 1 rings (SSSR count). The number of carbonyl (C=O) groups excluding carboxylic acids is 1. The minimum absolute atomic E-state index is 0.445. The van der Waals surface area contributed by atoms with Crippen molar-refractivity contribution >= 4 is 23.4 Å². The van der Waals surface area contributed by atoms with Crippen LogP contribution in [-0.4, -0.2) is 11.7 Å². The van der Waals surface area contributed by atoms with Gasteiger partial charge in [-0.2, -0.15) is 0 Å². The maximum absolute atomic E-state index is 11.6. The second kappa shape index (κ2) is 5.41. The van der Waals surface area contributed by atoms with E-state index in [0.717, 1.165) is 16.8 Å². The number of nitrogens with one attached hydrogen (secondary N) is 1. The first-order valence-corrected chi connectivity index (χ1v) is 6.01. The SMILES string of the molecule is Cc1cc(CCl)ccc1NC(=O)OC(C)(C)C. The van der Waals surface area contributed by atoms with Crippen molar-refractivity contribution < 1.29 is 9.53 Å². The summed E-state index contributed by atoms with van der Waals surface area (Å²) in [4.78, 5) is 11.6. The van der Waals surface area contributed by atoms with Gasteiger partial charge in [0, 0.05) is 11.6 Å². The number of benzene rings is 1. The average molecular weight is 256 g/mol. The van der Waals surface area contributed by atoms with Crippen molar-refractivity contribution in [3.8, 4) is 0 Å². The van der Waals surface area contributed by atoms with Crippen LogP contribution in [0.1, 0.15) is 31.9 Å². The molecule has 0 spiro atoms. The number of aryl methyl sites for hydroxylation is 1. The standard InChI is InChI=1S/C13H18ClNO2/c1-9-7-10(8-14)5-6-11(9)15-12(16)17-13(2,3)4/h5-7H,8H2,1-4H3,(H,15,16). The molecule has 0 aliphatic heterocycles. The lowest BCUT2D eigenvalue weighted by Gasteiger charge is -2.20. The fourth-order valence-electron chi connectivity index (χ4n) is 1.36. The Kier molecular flexibility index (Phi) is 4.40. The van der Waals surface area contributed by atoms with Crippen molar-refractivity contribution in [3.05, 3.63) is 29.3 Å². The number of hydrogen-bond donors (Lipinski definition) is 1. The molecule has 1 aromatic carbocycles. The summed E-state index contributed by atoms with van der Waals surface area (Å²) < 4.78 is 5.18. The summed E-state index contributed by atoms with van der Waals surface area (Å²) in [6.45, 7) is 7.41. The molecule has 0 aliphatic rings. The Labute approximate surface area is 107 Å². The van der Waals surface area contributed by atoms with Crippen LogP contribution in [0.25, 0.3) is 0 Å². The van der Waals surface area contributed by atoms with Crippen LogP contribution < -0.4 is 5.32 Å². The summed E-state index contributed by atoms with van der Waals surface area (Å²) in [5.74, 6) is 0.466. The molecule has 94 valence electrons. The van der Waals surface area contributed by atoms with E-state index in [1.54, 1.807) is 0 Å². The van der Waals surface area contributed by atoms with Crippen molar-refractivity contribution in [1.82, 2.24) is 0 Å². The van der Waals surface area contributed by atoms with Crippen LogP contribution in [0, 0.1) is 6.92 Å². The average Bonchev–Trinajstić information content (AvgIpc) is 2.18. The van der Waals surface area contributed by atoms with E-state index >= 15 is 0 Å². The van der Waals surface area contributed by atoms with Gasteiger partial charge in [-0.05, 0) is 44.9 Å². The van der Waals surface area contributed by atoms with Crippen LogP contribution in [0.2, 0.25) is 0 Å². The molecule has 0 atom stereocenters. The topological polar surface area (TPSA) is 38.3 Å². The number of halogens is 1. The zero-order valence-corrected chi connectivity index (χ0v) is 11.4. The highest BCUT2D eigenvalue weighted by Crippen LogP contribution is 2.18. The Morgan fingerprint density at radius 1 is 1.41 bits per heavy atom. The molecule has 4 heteroatoms. The lowest BCUT2D eigenvalue weighted by atomic mass is 10.1.